The van der Waals surface area contributed by atoms with Gasteiger partial charge in [0.05, 0.1) is 10.5 Å². The van der Waals surface area contributed by atoms with Crippen molar-refractivity contribution in [3.63, 3.8) is 0 Å². The maximum absolute atomic E-state index is 11.1. The molecule has 0 atom stereocenters. The number of carbonyl (C=O) groups is 1. The van der Waals surface area contributed by atoms with Gasteiger partial charge >= 0.3 is 5.97 Å². The second-order valence-electron chi connectivity index (χ2n) is 2.40. The highest BCUT2D eigenvalue weighted by atomic mass is 16.7. The maximum Gasteiger partial charge on any atom is 0.356 e. The molecule has 0 unspecified atom stereocenters. The van der Waals surface area contributed by atoms with Gasteiger partial charge in [0.15, 0.2) is 0 Å². The molecule has 74 valence electrons. The summed E-state index contributed by atoms with van der Waals surface area (Å²) in [7, 11) is 1.45. The fourth-order valence-corrected chi connectivity index (χ4v) is 0.871. The monoisotopic (exact) mass is 196 g/mol. The first kappa shape index (κ1) is 10.1. The molecule has 6 heteroatoms. The molecule has 0 fully saturated rings. The summed E-state index contributed by atoms with van der Waals surface area (Å²) < 4.78 is 0. The summed E-state index contributed by atoms with van der Waals surface area (Å²) in [6.45, 7) is 0. The Morgan fingerprint density at radius 1 is 1.43 bits per heavy atom. The third-order valence-electron chi connectivity index (χ3n) is 1.51. The van der Waals surface area contributed by atoms with Crippen LogP contribution in [0, 0.1) is 10.1 Å². The minimum absolute atomic E-state index is 0.0639. The Kier molecular flexibility index (Phi) is 3.14. The van der Waals surface area contributed by atoms with Crippen LogP contribution in [0.25, 0.3) is 0 Å². The van der Waals surface area contributed by atoms with Crippen molar-refractivity contribution in [3.8, 4) is 0 Å². The van der Waals surface area contributed by atoms with Gasteiger partial charge in [0.25, 0.3) is 5.69 Å². The average Bonchev–Trinajstić information content (AvgIpc) is 2.18. The van der Waals surface area contributed by atoms with Gasteiger partial charge < -0.3 is 4.84 Å². The standard InChI is InChI=1S/C8H8N2O4/c1-9-14-8(11)6-2-4-7(5-3-6)10(12)13/h2-5,9H,1H3. The third-order valence-corrected chi connectivity index (χ3v) is 1.51. The van der Waals surface area contributed by atoms with Crippen LogP contribution < -0.4 is 5.48 Å². The van der Waals surface area contributed by atoms with E-state index >= 15 is 0 Å². The second kappa shape index (κ2) is 4.33. The Labute approximate surface area is 79.6 Å². The first-order valence-electron chi connectivity index (χ1n) is 3.77. The summed E-state index contributed by atoms with van der Waals surface area (Å²) in [5.41, 5.74) is 2.41. The van der Waals surface area contributed by atoms with Gasteiger partial charge in [-0.05, 0) is 12.1 Å². The van der Waals surface area contributed by atoms with Gasteiger partial charge in [-0.3, -0.25) is 10.1 Å². The molecule has 0 amide bonds. The van der Waals surface area contributed by atoms with E-state index in [4.69, 9.17) is 0 Å². The van der Waals surface area contributed by atoms with E-state index < -0.39 is 10.9 Å². The SMILES string of the molecule is CNOC(=O)c1ccc([N+](=O)[O-])cc1. The lowest BCUT2D eigenvalue weighted by Gasteiger charge is -2.00. The van der Waals surface area contributed by atoms with Crippen LogP contribution in [-0.2, 0) is 4.84 Å². The molecule has 1 N–H and O–H groups in total. The van der Waals surface area contributed by atoms with Crippen molar-refractivity contribution in [2.75, 3.05) is 7.05 Å². The second-order valence-corrected chi connectivity index (χ2v) is 2.40. The van der Waals surface area contributed by atoms with Crippen molar-refractivity contribution < 1.29 is 14.6 Å². The number of hydrogen-bond donors (Lipinski definition) is 1. The van der Waals surface area contributed by atoms with Crippen molar-refractivity contribution in [1.82, 2.24) is 5.48 Å². The van der Waals surface area contributed by atoms with Crippen LogP contribution in [0.15, 0.2) is 24.3 Å². The molecule has 1 aromatic rings. The van der Waals surface area contributed by atoms with Gasteiger partial charge in [-0.2, -0.15) is 5.48 Å². The molecule has 0 heterocycles. The number of rotatable bonds is 3. The molecular formula is C8H8N2O4. The molecule has 1 rings (SSSR count). The average molecular weight is 196 g/mol. The van der Waals surface area contributed by atoms with E-state index in [0.717, 1.165) is 0 Å². The lowest BCUT2D eigenvalue weighted by molar-refractivity contribution is -0.384. The van der Waals surface area contributed by atoms with E-state index in [9.17, 15) is 14.9 Å². The molecule has 0 spiro atoms. The summed E-state index contributed by atoms with van der Waals surface area (Å²) >= 11 is 0. The number of nitrogens with one attached hydrogen (secondary N) is 1. The Balaban J connectivity index is 2.83. The van der Waals surface area contributed by atoms with Crippen molar-refractivity contribution >= 4 is 11.7 Å². The van der Waals surface area contributed by atoms with E-state index in [1.807, 2.05) is 0 Å². The quantitative estimate of drug-likeness (QED) is 0.573. The number of non-ortho nitro benzene ring substituents is 1. The summed E-state index contributed by atoms with van der Waals surface area (Å²) in [4.78, 5) is 25.3. The fraction of sp³-hybridized carbons (Fsp3) is 0.125. The Morgan fingerprint density at radius 3 is 2.43 bits per heavy atom. The van der Waals surface area contributed by atoms with Crippen LogP contribution in [0.4, 0.5) is 5.69 Å². The van der Waals surface area contributed by atoms with Crippen molar-refractivity contribution in [1.29, 1.82) is 0 Å². The molecule has 0 aliphatic rings. The number of hydroxylamine groups is 1. The van der Waals surface area contributed by atoms with Crippen LogP contribution in [0.3, 0.4) is 0 Å². The highest BCUT2D eigenvalue weighted by Crippen LogP contribution is 2.12. The highest BCUT2D eigenvalue weighted by molar-refractivity contribution is 5.89. The summed E-state index contributed by atoms with van der Waals surface area (Å²) in [6, 6.07) is 5.15. The lowest BCUT2D eigenvalue weighted by Crippen LogP contribution is -2.14. The number of hydrogen-bond acceptors (Lipinski definition) is 5. The maximum atomic E-state index is 11.1. The molecule has 14 heavy (non-hydrogen) atoms. The molecule has 0 aliphatic heterocycles. The largest absolute Gasteiger partial charge is 0.367 e. The van der Waals surface area contributed by atoms with Crippen molar-refractivity contribution in [2.45, 2.75) is 0 Å². The number of nitro benzene ring substituents is 1. The summed E-state index contributed by atoms with van der Waals surface area (Å²) in [5, 5.41) is 10.3. The topological polar surface area (TPSA) is 81.5 Å². The van der Waals surface area contributed by atoms with E-state index in [0.29, 0.717) is 0 Å². The molecule has 6 nitrogen and oxygen atoms in total. The molecule has 0 radical (unpaired) electrons. The summed E-state index contributed by atoms with van der Waals surface area (Å²) in [6.07, 6.45) is 0. The first-order chi connectivity index (χ1) is 6.65. The minimum atomic E-state index is -0.581. The number of carbonyl (C=O) groups excluding carboxylic acids is 1. The van der Waals surface area contributed by atoms with Gasteiger partial charge in [-0.25, -0.2) is 4.79 Å². The van der Waals surface area contributed by atoms with Gasteiger partial charge in [0.1, 0.15) is 0 Å². The van der Waals surface area contributed by atoms with Crippen molar-refractivity contribution in [2.24, 2.45) is 0 Å². The number of nitro groups is 1. The van der Waals surface area contributed by atoms with Crippen LogP contribution in [-0.4, -0.2) is 17.9 Å². The Hall–Kier alpha value is -1.95. The zero-order chi connectivity index (χ0) is 10.6. The van der Waals surface area contributed by atoms with E-state index in [-0.39, 0.29) is 11.3 Å². The fourth-order valence-electron chi connectivity index (χ4n) is 0.871. The third kappa shape index (κ3) is 2.27. The molecule has 0 saturated heterocycles. The van der Waals surface area contributed by atoms with Crippen LogP contribution in [0.2, 0.25) is 0 Å². The van der Waals surface area contributed by atoms with E-state index in [2.05, 4.69) is 10.3 Å². The predicted octanol–water partition coefficient (Wildman–Crippen LogP) is 0.886. The van der Waals surface area contributed by atoms with Crippen LogP contribution in [0.1, 0.15) is 10.4 Å². The highest BCUT2D eigenvalue weighted by Gasteiger charge is 2.09. The van der Waals surface area contributed by atoms with Gasteiger partial charge in [0.2, 0.25) is 0 Å². The van der Waals surface area contributed by atoms with Gasteiger partial charge in [-0.1, -0.05) is 0 Å². The number of benzene rings is 1. The Morgan fingerprint density at radius 2 is 2.00 bits per heavy atom. The van der Waals surface area contributed by atoms with Gasteiger partial charge in [-0.15, -0.1) is 0 Å². The van der Waals surface area contributed by atoms with Crippen LogP contribution >= 0.6 is 0 Å². The number of nitrogens with zero attached hydrogens (tertiary/aromatic N) is 1. The molecule has 0 saturated carbocycles. The van der Waals surface area contributed by atoms with E-state index in [1.165, 1.54) is 31.3 Å². The van der Waals surface area contributed by atoms with Gasteiger partial charge in [0, 0.05) is 19.2 Å². The molecule has 0 aromatic heterocycles. The zero-order valence-corrected chi connectivity index (χ0v) is 7.39. The molecule has 0 aliphatic carbocycles. The van der Waals surface area contributed by atoms with Crippen molar-refractivity contribution in [3.05, 3.63) is 39.9 Å². The smallest absolute Gasteiger partial charge is 0.356 e. The molecule has 1 aromatic carbocycles. The first-order valence-corrected chi connectivity index (χ1v) is 3.77. The molecular weight excluding hydrogens is 188 g/mol. The van der Waals surface area contributed by atoms with Crippen LogP contribution in [0.5, 0.6) is 0 Å². The normalized spacial score (nSPS) is 9.50. The summed E-state index contributed by atoms with van der Waals surface area (Å²) in [5.74, 6) is -0.581. The molecule has 0 bridgehead atoms. The lowest BCUT2D eigenvalue weighted by atomic mass is 10.2. The Bertz CT molecular complexity index is 347. The predicted molar refractivity (Wildman–Crippen MR) is 47.6 cm³/mol. The zero-order valence-electron chi connectivity index (χ0n) is 7.39. The van der Waals surface area contributed by atoms with E-state index in [1.54, 1.807) is 0 Å². The minimum Gasteiger partial charge on any atom is -0.367 e.